The van der Waals surface area contributed by atoms with Gasteiger partial charge in [-0.2, -0.15) is 0 Å². The van der Waals surface area contributed by atoms with Gasteiger partial charge < -0.3 is 9.73 Å². The molecule has 1 atom stereocenters. The highest BCUT2D eigenvalue weighted by atomic mass is 35.5. The van der Waals surface area contributed by atoms with Crippen molar-refractivity contribution in [3.8, 4) is 0 Å². The number of nitrogens with one attached hydrogen (secondary N) is 1. The lowest BCUT2D eigenvalue weighted by Gasteiger charge is -2.13. The molecule has 0 spiro atoms. The summed E-state index contributed by atoms with van der Waals surface area (Å²) in [5, 5.41) is 4.47. The van der Waals surface area contributed by atoms with Gasteiger partial charge in [0.1, 0.15) is 11.3 Å². The Balaban J connectivity index is 1.68. The van der Waals surface area contributed by atoms with E-state index in [-0.39, 0.29) is 11.9 Å². The van der Waals surface area contributed by atoms with Crippen LogP contribution >= 0.6 is 11.6 Å². The number of benzene rings is 2. The Hall–Kier alpha value is -2.26. The van der Waals surface area contributed by atoms with Crippen molar-refractivity contribution in [2.75, 3.05) is 0 Å². The van der Waals surface area contributed by atoms with Crippen molar-refractivity contribution in [1.29, 1.82) is 0 Å². The van der Waals surface area contributed by atoms with Crippen molar-refractivity contribution >= 4 is 28.5 Å². The molecule has 2 aromatic carbocycles. The molecule has 1 N–H and O–H groups in total. The number of rotatable bonds is 4. The zero-order valence-electron chi connectivity index (χ0n) is 12.2. The molecule has 0 aliphatic heterocycles. The molecule has 112 valence electrons. The summed E-state index contributed by atoms with van der Waals surface area (Å²) in [5.74, 6) is 0.683. The number of halogens is 1. The molecular formula is C18H16ClNO2. The van der Waals surface area contributed by atoms with Gasteiger partial charge >= 0.3 is 0 Å². The van der Waals surface area contributed by atoms with Crippen LogP contribution in [-0.2, 0) is 6.42 Å². The molecule has 0 aliphatic rings. The summed E-state index contributed by atoms with van der Waals surface area (Å²) in [6, 6.07) is 16.8. The van der Waals surface area contributed by atoms with Crippen LogP contribution in [0, 0.1) is 0 Å². The molecule has 0 radical (unpaired) electrons. The van der Waals surface area contributed by atoms with E-state index < -0.39 is 0 Å². The molecule has 1 aromatic heterocycles. The number of carbonyl (C=O) groups is 1. The third kappa shape index (κ3) is 3.15. The number of furan rings is 1. The SMILES string of the molecule is CC(Cc1cc2ccccc2o1)NC(=O)c1ccccc1Cl. The van der Waals surface area contributed by atoms with Crippen molar-refractivity contribution in [3.05, 3.63) is 70.9 Å². The normalized spacial score (nSPS) is 12.3. The highest BCUT2D eigenvalue weighted by molar-refractivity contribution is 6.33. The number of para-hydroxylation sites is 1. The summed E-state index contributed by atoms with van der Waals surface area (Å²) < 4.78 is 5.77. The molecule has 0 aliphatic carbocycles. The Morgan fingerprint density at radius 3 is 2.68 bits per heavy atom. The maximum absolute atomic E-state index is 12.2. The van der Waals surface area contributed by atoms with E-state index in [0.717, 1.165) is 16.7 Å². The van der Waals surface area contributed by atoms with Crippen molar-refractivity contribution in [1.82, 2.24) is 5.32 Å². The van der Waals surface area contributed by atoms with Crippen LogP contribution in [0.1, 0.15) is 23.0 Å². The maximum atomic E-state index is 12.2. The van der Waals surface area contributed by atoms with Crippen LogP contribution in [0.3, 0.4) is 0 Å². The Kier molecular flexibility index (Phi) is 4.16. The molecule has 4 heteroatoms. The highest BCUT2D eigenvalue weighted by Crippen LogP contribution is 2.20. The van der Waals surface area contributed by atoms with Gasteiger partial charge in [0.15, 0.2) is 0 Å². The van der Waals surface area contributed by atoms with Gasteiger partial charge in [-0.3, -0.25) is 4.79 Å². The van der Waals surface area contributed by atoms with Crippen LogP contribution in [0.4, 0.5) is 0 Å². The van der Waals surface area contributed by atoms with Crippen molar-refractivity contribution in [3.63, 3.8) is 0 Å². The predicted molar refractivity (Wildman–Crippen MR) is 88.3 cm³/mol. The van der Waals surface area contributed by atoms with Crippen LogP contribution in [0.5, 0.6) is 0 Å². The molecule has 0 fully saturated rings. The van der Waals surface area contributed by atoms with Crippen LogP contribution < -0.4 is 5.32 Å². The average Bonchev–Trinajstić information content (AvgIpc) is 2.89. The molecule has 1 unspecified atom stereocenters. The first-order valence-electron chi connectivity index (χ1n) is 7.16. The first-order chi connectivity index (χ1) is 10.6. The average molecular weight is 314 g/mol. The van der Waals surface area contributed by atoms with Crippen molar-refractivity contribution < 1.29 is 9.21 Å². The number of hydrogen-bond donors (Lipinski definition) is 1. The van der Waals surface area contributed by atoms with Gasteiger partial charge in [-0.05, 0) is 31.2 Å². The molecule has 0 bridgehead atoms. The monoisotopic (exact) mass is 313 g/mol. The lowest BCUT2D eigenvalue weighted by Crippen LogP contribution is -2.34. The van der Waals surface area contributed by atoms with E-state index in [1.165, 1.54) is 0 Å². The Bertz CT molecular complexity index is 776. The molecule has 1 heterocycles. The number of hydrogen-bond acceptors (Lipinski definition) is 2. The molecule has 3 nitrogen and oxygen atoms in total. The molecular weight excluding hydrogens is 298 g/mol. The molecule has 0 saturated heterocycles. The minimum Gasteiger partial charge on any atom is -0.461 e. The quantitative estimate of drug-likeness (QED) is 0.773. The van der Waals surface area contributed by atoms with Gasteiger partial charge in [-0.25, -0.2) is 0 Å². The third-order valence-electron chi connectivity index (χ3n) is 3.48. The lowest BCUT2D eigenvalue weighted by molar-refractivity contribution is 0.0939. The second-order valence-corrected chi connectivity index (χ2v) is 5.72. The van der Waals surface area contributed by atoms with Crippen LogP contribution in [0.25, 0.3) is 11.0 Å². The first kappa shape index (κ1) is 14.7. The van der Waals surface area contributed by atoms with Gasteiger partial charge in [0.2, 0.25) is 0 Å². The smallest absolute Gasteiger partial charge is 0.253 e. The number of carbonyl (C=O) groups excluding carboxylic acids is 1. The fraction of sp³-hybridized carbons (Fsp3) is 0.167. The molecule has 1 amide bonds. The van der Waals surface area contributed by atoms with Gasteiger partial charge in [0.25, 0.3) is 5.91 Å². The predicted octanol–water partition coefficient (Wildman–Crippen LogP) is 4.45. The fourth-order valence-electron chi connectivity index (χ4n) is 2.44. The van der Waals surface area contributed by atoms with Gasteiger partial charge in [-0.1, -0.05) is 41.9 Å². The first-order valence-corrected chi connectivity index (χ1v) is 7.54. The molecule has 22 heavy (non-hydrogen) atoms. The summed E-state index contributed by atoms with van der Waals surface area (Å²) >= 11 is 6.04. The van der Waals surface area contributed by atoms with E-state index in [0.29, 0.717) is 17.0 Å². The molecule has 3 aromatic rings. The second kappa shape index (κ2) is 6.24. The van der Waals surface area contributed by atoms with Gasteiger partial charge in [0, 0.05) is 17.8 Å². The molecule has 0 saturated carbocycles. The maximum Gasteiger partial charge on any atom is 0.253 e. The van der Waals surface area contributed by atoms with E-state index in [9.17, 15) is 4.79 Å². The Morgan fingerprint density at radius 1 is 1.18 bits per heavy atom. The highest BCUT2D eigenvalue weighted by Gasteiger charge is 2.14. The van der Waals surface area contributed by atoms with E-state index in [1.54, 1.807) is 24.3 Å². The lowest BCUT2D eigenvalue weighted by atomic mass is 10.1. The number of amides is 1. The van der Waals surface area contributed by atoms with Crippen LogP contribution in [-0.4, -0.2) is 11.9 Å². The Labute approximate surface area is 133 Å². The zero-order chi connectivity index (χ0) is 15.5. The summed E-state index contributed by atoms with van der Waals surface area (Å²) in [5.41, 5.74) is 1.35. The minimum absolute atomic E-state index is 0.0515. The minimum atomic E-state index is -0.172. The van der Waals surface area contributed by atoms with E-state index in [4.69, 9.17) is 16.0 Å². The summed E-state index contributed by atoms with van der Waals surface area (Å²) in [7, 11) is 0. The van der Waals surface area contributed by atoms with Crippen LogP contribution in [0.2, 0.25) is 5.02 Å². The fourth-order valence-corrected chi connectivity index (χ4v) is 2.66. The van der Waals surface area contributed by atoms with E-state index >= 15 is 0 Å². The van der Waals surface area contributed by atoms with Crippen LogP contribution in [0.15, 0.2) is 59.0 Å². The summed E-state index contributed by atoms with van der Waals surface area (Å²) in [4.78, 5) is 12.2. The Morgan fingerprint density at radius 2 is 1.91 bits per heavy atom. The second-order valence-electron chi connectivity index (χ2n) is 5.31. The van der Waals surface area contributed by atoms with Crippen molar-refractivity contribution in [2.45, 2.75) is 19.4 Å². The summed E-state index contributed by atoms with van der Waals surface area (Å²) in [6.45, 7) is 1.95. The molecule has 3 rings (SSSR count). The standard InChI is InChI=1S/C18H16ClNO2/c1-12(20-18(21)15-7-3-4-8-16(15)19)10-14-11-13-6-2-5-9-17(13)22-14/h2-9,11-12H,10H2,1H3,(H,20,21). The number of fused-ring (bicyclic) bond motifs is 1. The van der Waals surface area contributed by atoms with Gasteiger partial charge in [0.05, 0.1) is 10.6 Å². The topological polar surface area (TPSA) is 42.2 Å². The van der Waals surface area contributed by atoms with Gasteiger partial charge in [-0.15, -0.1) is 0 Å². The summed E-state index contributed by atoms with van der Waals surface area (Å²) in [6.07, 6.45) is 0.630. The largest absolute Gasteiger partial charge is 0.461 e. The zero-order valence-corrected chi connectivity index (χ0v) is 12.9. The third-order valence-corrected chi connectivity index (χ3v) is 3.81. The van der Waals surface area contributed by atoms with Crippen molar-refractivity contribution in [2.24, 2.45) is 0 Å². The van der Waals surface area contributed by atoms with E-state index in [1.807, 2.05) is 37.3 Å². The van der Waals surface area contributed by atoms with E-state index in [2.05, 4.69) is 5.32 Å².